The number of ether oxygens (including phenoxy) is 1. The van der Waals surface area contributed by atoms with E-state index >= 15 is 0 Å². The van der Waals surface area contributed by atoms with E-state index < -0.39 is 0 Å². The van der Waals surface area contributed by atoms with Crippen molar-refractivity contribution in [1.29, 1.82) is 0 Å². The second-order valence-corrected chi connectivity index (χ2v) is 6.36. The third-order valence-corrected chi connectivity index (χ3v) is 4.78. The van der Waals surface area contributed by atoms with Crippen molar-refractivity contribution < 1.29 is 19.7 Å². The minimum absolute atomic E-state index is 0.215. The molecule has 0 spiro atoms. The maximum Gasteiger partial charge on any atom is 0.305 e. The van der Waals surface area contributed by atoms with Gasteiger partial charge in [-0.05, 0) is 48.2 Å². The van der Waals surface area contributed by atoms with Crippen LogP contribution in [0.25, 0.3) is 0 Å². The fourth-order valence-corrected chi connectivity index (χ4v) is 3.33. The normalized spacial score (nSPS) is 11.3. The SMILES string of the molecule is CCCCC(CCC(=O)OC)(c1ccc(O)cc1)c1ccc(O)cc1. The molecule has 0 aliphatic heterocycles. The number of phenols is 2. The van der Waals surface area contributed by atoms with Crippen molar-refractivity contribution in [2.75, 3.05) is 7.11 Å². The molecule has 2 rings (SSSR count). The van der Waals surface area contributed by atoms with E-state index in [4.69, 9.17) is 4.74 Å². The van der Waals surface area contributed by atoms with Crippen LogP contribution in [0, 0.1) is 0 Å². The average Bonchev–Trinajstić information content (AvgIpc) is 2.63. The molecule has 134 valence electrons. The van der Waals surface area contributed by atoms with Crippen LogP contribution in [0.5, 0.6) is 11.5 Å². The summed E-state index contributed by atoms with van der Waals surface area (Å²) in [7, 11) is 1.40. The third-order valence-electron chi connectivity index (χ3n) is 4.78. The maximum atomic E-state index is 11.8. The third kappa shape index (κ3) is 4.53. The number of rotatable bonds is 8. The number of hydrogen-bond acceptors (Lipinski definition) is 4. The molecule has 0 saturated carbocycles. The Hall–Kier alpha value is -2.49. The quantitative estimate of drug-likeness (QED) is 0.692. The van der Waals surface area contributed by atoms with Gasteiger partial charge in [0, 0.05) is 11.8 Å². The summed E-state index contributed by atoms with van der Waals surface area (Å²) < 4.78 is 4.84. The summed E-state index contributed by atoms with van der Waals surface area (Å²) in [6.45, 7) is 2.14. The molecule has 0 atom stereocenters. The van der Waals surface area contributed by atoms with Gasteiger partial charge in [0.2, 0.25) is 0 Å². The lowest BCUT2D eigenvalue weighted by Crippen LogP contribution is -2.29. The van der Waals surface area contributed by atoms with E-state index in [1.54, 1.807) is 24.3 Å². The van der Waals surface area contributed by atoms with Crippen molar-refractivity contribution in [2.24, 2.45) is 0 Å². The van der Waals surface area contributed by atoms with Gasteiger partial charge in [0.15, 0.2) is 0 Å². The number of phenolic OH excluding ortho intramolecular Hbond substituents is 2. The summed E-state index contributed by atoms with van der Waals surface area (Å²) >= 11 is 0. The lowest BCUT2D eigenvalue weighted by Gasteiger charge is -2.35. The van der Waals surface area contributed by atoms with Gasteiger partial charge in [-0.25, -0.2) is 0 Å². The summed E-state index contributed by atoms with van der Waals surface area (Å²) in [6, 6.07) is 14.3. The molecular formula is C21H26O4. The summed E-state index contributed by atoms with van der Waals surface area (Å²) in [4.78, 5) is 11.8. The van der Waals surface area contributed by atoms with Gasteiger partial charge in [-0.2, -0.15) is 0 Å². The zero-order valence-electron chi connectivity index (χ0n) is 14.9. The van der Waals surface area contributed by atoms with E-state index in [1.807, 2.05) is 24.3 Å². The molecule has 0 bridgehead atoms. The number of carbonyl (C=O) groups is 1. The van der Waals surface area contributed by atoms with Crippen LogP contribution >= 0.6 is 0 Å². The van der Waals surface area contributed by atoms with E-state index in [0.29, 0.717) is 12.8 Å². The predicted molar refractivity (Wildman–Crippen MR) is 97.8 cm³/mol. The minimum Gasteiger partial charge on any atom is -0.508 e. The summed E-state index contributed by atoms with van der Waals surface area (Å²) in [5.41, 5.74) is 1.73. The number of unbranched alkanes of at least 4 members (excludes halogenated alkanes) is 1. The second-order valence-electron chi connectivity index (χ2n) is 6.36. The van der Waals surface area contributed by atoms with Gasteiger partial charge < -0.3 is 14.9 Å². The zero-order valence-corrected chi connectivity index (χ0v) is 14.9. The Kier molecular flexibility index (Phi) is 6.45. The molecule has 2 aromatic carbocycles. The molecule has 4 heteroatoms. The molecule has 25 heavy (non-hydrogen) atoms. The molecule has 2 aromatic rings. The Morgan fingerprint density at radius 1 is 0.920 bits per heavy atom. The highest BCUT2D eigenvalue weighted by Crippen LogP contribution is 2.42. The Bertz CT molecular complexity index is 629. The largest absolute Gasteiger partial charge is 0.508 e. The van der Waals surface area contributed by atoms with Crippen LogP contribution in [0.1, 0.15) is 50.2 Å². The van der Waals surface area contributed by atoms with Crippen LogP contribution < -0.4 is 0 Å². The highest BCUT2D eigenvalue weighted by atomic mass is 16.5. The minimum atomic E-state index is -0.369. The number of hydrogen-bond donors (Lipinski definition) is 2. The van der Waals surface area contributed by atoms with Gasteiger partial charge in [0.1, 0.15) is 11.5 Å². The zero-order chi connectivity index (χ0) is 18.3. The Balaban J connectivity index is 2.52. The van der Waals surface area contributed by atoms with Gasteiger partial charge in [0.25, 0.3) is 0 Å². The Morgan fingerprint density at radius 3 is 1.80 bits per heavy atom. The number of carbonyl (C=O) groups excluding carboxylic acids is 1. The van der Waals surface area contributed by atoms with E-state index in [2.05, 4.69) is 6.92 Å². The van der Waals surface area contributed by atoms with Gasteiger partial charge in [-0.3, -0.25) is 4.79 Å². The predicted octanol–water partition coefficient (Wildman–Crippen LogP) is 4.53. The monoisotopic (exact) mass is 342 g/mol. The molecule has 0 aromatic heterocycles. The Labute approximate surface area is 149 Å². The van der Waals surface area contributed by atoms with Crippen LogP contribution in [0.2, 0.25) is 0 Å². The lowest BCUT2D eigenvalue weighted by molar-refractivity contribution is -0.141. The first kappa shape index (κ1) is 18.8. The van der Waals surface area contributed by atoms with Crippen LogP contribution in [-0.2, 0) is 14.9 Å². The molecule has 0 saturated heterocycles. The fourth-order valence-electron chi connectivity index (χ4n) is 3.33. The highest BCUT2D eigenvalue weighted by molar-refractivity contribution is 5.69. The molecule has 4 nitrogen and oxygen atoms in total. The molecule has 0 amide bonds. The number of benzene rings is 2. The van der Waals surface area contributed by atoms with Crippen molar-refractivity contribution >= 4 is 5.97 Å². The molecule has 0 radical (unpaired) electrons. The maximum absolute atomic E-state index is 11.8. The first-order chi connectivity index (χ1) is 12.0. The van der Waals surface area contributed by atoms with Crippen LogP contribution in [-0.4, -0.2) is 23.3 Å². The second kappa shape index (κ2) is 8.56. The van der Waals surface area contributed by atoms with E-state index in [1.165, 1.54) is 7.11 Å². The van der Waals surface area contributed by atoms with Crippen molar-refractivity contribution in [3.05, 3.63) is 59.7 Å². The summed E-state index contributed by atoms with van der Waals surface area (Å²) in [5.74, 6) is 0.192. The summed E-state index contributed by atoms with van der Waals surface area (Å²) in [6.07, 6.45) is 3.83. The van der Waals surface area contributed by atoms with Crippen molar-refractivity contribution in [3.63, 3.8) is 0 Å². The van der Waals surface area contributed by atoms with Crippen LogP contribution in [0.15, 0.2) is 48.5 Å². The van der Waals surface area contributed by atoms with Crippen molar-refractivity contribution in [1.82, 2.24) is 0 Å². The molecule has 0 aliphatic carbocycles. The average molecular weight is 342 g/mol. The molecule has 0 heterocycles. The van der Waals surface area contributed by atoms with Crippen molar-refractivity contribution in [2.45, 2.75) is 44.4 Å². The number of methoxy groups -OCH3 is 1. The van der Waals surface area contributed by atoms with Crippen LogP contribution in [0.4, 0.5) is 0 Å². The highest BCUT2D eigenvalue weighted by Gasteiger charge is 2.34. The molecule has 2 N–H and O–H groups in total. The van der Waals surface area contributed by atoms with Crippen LogP contribution in [0.3, 0.4) is 0 Å². The van der Waals surface area contributed by atoms with Gasteiger partial charge >= 0.3 is 5.97 Å². The van der Waals surface area contributed by atoms with E-state index in [0.717, 1.165) is 30.4 Å². The van der Waals surface area contributed by atoms with E-state index in [9.17, 15) is 15.0 Å². The standard InChI is InChI=1S/C21H26O4/c1-3-4-14-21(15-13-20(24)25-2,16-5-9-18(22)10-6-16)17-7-11-19(23)12-8-17/h5-12,22-23H,3-4,13-15H2,1-2H3. The molecule has 0 unspecified atom stereocenters. The first-order valence-corrected chi connectivity index (χ1v) is 8.67. The Morgan fingerprint density at radius 2 is 1.40 bits per heavy atom. The van der Waals surface area contributed by atoms with Gasteiger partial charge in [-0.1, -0.05) is 44.0 Å². The summed E-state index contributed by atoms with van der Waals surface area (Å²) in [5, 5.41) is 19.3. The van der Waals surface area contributed by atoms with E-state index in [-0.39, 0.29) is 22.9 Å². The number of esters is 1. The lowest BCUT2D eigenvalue weighted by atomic mass is 9.68. The molecule has 0 aliphatic rings. The molecule has 0 fully saturated rings. The van der Waals surface area contributed by atoms with Gasteiger partial charge in [0.05, 0.1) is 7.11 Å². The fraction of sp³-hybridized carbons (Fsp3) is 0.381. The topological polar surface area (TPSA) is 66.8 Å². The molecular weight excluding hydrogens is 316 g/mol. The number of aromatic hydroxyl groups is 2. The van der Waals surface area contributed by atoms with Gasteiger partial charge in [-0.15, -0.1) is 0 Å². The first-order valence-electron chi connectivity index (χ1n) is 8.67. The smallest absolute Gasteiger partial charge is 0.305 e. The van der Waals surface area contributed by atoms with Crippen molar-refractivity contribution in [3.8, 4) is 11.5 Å².